The monoisotopic (exact) mass is 296 g/mol. The van der Waals surface area contributed by atoms with Gasteiger partial charge in [-0.25, -0.2) is 0 Å². The summed E-state index contributed by atoms with van der Waals surface area (Å²) in [5, 5.41) is 0. The van der Waals surface area contributed by atoms with E-state index in [0.29, 0.717) is 18.7 Å². The molecule has 122 valence electrons. The van der Waals surface area contributed by atoms with Crippen molar-refractivity contribution >= 4 is 0 Å². The van der Waals surface area contributed by atoms with Crippen LogP contribution in [0.25, 0.3) is 0 Å². The maximum absolute atomic E-state index is 6.41. The molecule has 1 aliphatic carbocycles. The number of hydrogen-bond acceptors (Lipinski definition) is 4. The molecule has 3 fully saturated rings. The van der Waals surface area contributed by atoms with E-state index in [1.54, 1.807) is 0 Å². The van der Waals surface area contributed by atoms with Crippen LogP contribution in [0.15, 0.2) is 0 Å². The van der Waals surface area contributed by atoms with Crippen molar-refractivity contribution in [3.8, 4) is 0 Å². The van der Waals surface area contributed by atoms with E-state index in [0.717, 1.165) is 19.6 Å². The van der Waals surface area contributed by atoms with E-state index < -0.39 is 0 Å². The molecule has 2 N–H and O–H groups in total. The largest absolute Gasteiger partial charge is 0.375 e. The molecule has 0 aromatic carbocycles. The van der Waals surface area contributed by atoms with Crippen molar-refractivity contribution in [1.29, 1.82) is 0 Å². The van der Waals surface area contributed by atoms with Gasteiger partial charge in [-0.2, -0.15) is 0 Å². The standard InChI is InChI=1S/C17H32N2O2/c1-15(2)11-17(12-18,16(3,4)21-15)19-9-10-20-14-8-6-5-7-13(14)19/h13-14H,5-12,18H2,1-4H3. The van der Waals surface area contributed by atoms with Crippen molar-refractivity contribution in [3.05, 3.63) is 0 Å². The Bertz CT molecular complexity index is 394. The zero-order chi connectivity index (χ0) is 15.3. The average molecular weight is 296 g/mol. The summed E-state index contributed by atoms with van der Waals surface area (Å²) in [5.74, 6) is 0. The van der Waals surface area contributed by atoms with E-state index >= 15 is 0 Å². The number of nitrogens with zero attached hydrogens (tertiary/aromatic N) is 1. The minimum Gasteiger partial charge on any atom is -0.375 e. The summed E-state index contributed by atoms with van der Waals surface area (Å²) in [5.41, 5.74) is 5.96. The van der Waals surface area contributed by atoms with Gasteiger partial charge in [0.15, 0.2) is 0 Å². The summed E-state index contributed by atoms with van der Waals surface area (Å²) in [6.07, 6.45) is 6.46. The third-order valence-corrected chi connectivity index (χ3v) is 5.99. The topological polar surface area (TPSA) is 47.7 Å². The summed E-state index contributed by atoms with van der Waals surface area (Å²) in [6, 6.07) is 0.521. The molecule has 2 heterocycles. The van der Waals surface area contributed by atoms with Crippen LogP contribution in [0.3, 0.4) is 0 Å². The molecular weight excluding hydrogens is 264 g/mol. The fourth-order valence-electron chi connectivity index (χ4n) is 5.25. The van der Waals surface area contributed by atoms with Crippen molar-refractivity contribution in [1.82, 2.24) is 4.90 Å². The van der Waals surface area contributed by atoms with Crippen LogP contribution in [0.2, 0.25) is 0 Å². The van der Waals surface area contributed by atoms with Crippen molar-refractivity contribution in [2.24, 2.45) is 5.73 Å². The van der Waals surface area contributed by atoms with Gasteiger partial charge in [0.2, 0.25) is 0 Å². The Balaban J connectivity index is 1.94. The zero-order valence-electron chi connectivity index (χ0n) is 14.2. The highest BCUT2D eigenvalue weighted by molar-refractivity contribution is 5.15. The first-order valence-electron chi connectivity index (χ1n) is 8.60. The number of morpholine rings is 1. The van der Waals surface area contributed by atoms with E-state index in [-0.39, 0.29) is 16.7 Å². The summed E-state index contributed by atoms with van der Waals surface area (Å²) in [7, 11) is 0. The molecule has 4 nitrogen and oxygen atoms in total. The molecule has 0 bridgehead atoms. The number of rotatable bonds is 2. The Morgan fingerprint density at radius 3 is 2.48 bits per heavy atom. The van der Waals surface area contributed by atoms with Gasteiger partial charge < -0.3 is 15.2 Å². The van der Waals surface area contributed by atoms with Gasteiger partial charge in [-0.3, -0.25) is 4.90 Å². The minimum absolute atomic E-state index is 0.0689. The Labute approximate surface area is 129 Å². The molecule has 1 saturated carbocycles. The zero-order valence-corrected chi connectivity index (χ0v) is 14.2. The van der Waals surface area contributed by atoms with Gasteiger partial charge in [0, 0.05) is 19.1 Å². The molecule has 3 aliphatic rings. The molecule has 2 saturated heterocycles. The molecule has 0 radical (unpaired) electrons. The Morgan fingerprint density at radius 1 is 1.14 bits per heavy atom. The maximum atomic E-state index is 6.41. The first-order chi connectivity index (χ1) is 9.81. The van der Waals surface area contributed by atoms with Crippen LogP contribution in [-0.4, -0.2) is 53.5 Å². The van der Waals surface area contributed by atoms with Gasteiger partial charge >= 0.3 is 0 Å². The summed E-state index contributed by atoms with van der Waals surface area (Å²) < 4.78 is 12.5. The van der Waals surface area contributed by atoms with Crippen molar-refractivity contribution in [3.63, 3.8) is 0 Å². The quantitative estimate of drug-likeness (QED) is 0.849. The smallest absolute Gasteiger partial charge is 0.0830 e. The second kappa shape index (κ2) is 5.19. The van der Waals surface area contributed by atoms with Gasteiger partial charge in [-0.05, 0) is 47.0 Å². The van der Waals surface area contributed by atoms with Crippen LogP contribution in [-0.2, 0) is 9.47 Å². The summed E-state index contributed by atoms with van der Waals surface area (Å²) in [6.45, 7) is 11.3. The molecule has 2 aliphatic heterocycles. The second-order valence-electron chi connectivity index (χ2n) is 8.24. The van der Waals surface area contributed by atoms with Crippen LogP contribution < -0.4 is 5.73 Å². The SMILES string of the molecule is CC1(C)CC(CN)(N2CCOC3CCCCC32)C(C)(C)O1. The maximum Gasteiger partial charge on any atom is 0.0830 e. The number of fused-ring (bicyclic) bond motifs is 1. The lowest BCUT2D eigenvalue weighted by atomic mass is 9.74. The molecule has 4 heteroatoms. The first kappa shape index (κ1) is 15.7. The highest BCUT2D eigenvalue weighted by Crippen LogP contribution is 2.50. The highest BCUT2D eigenvalue weighted by Gasteiger charge is 2.61. The van der Waals surface area contributed by atoms with Gasteiger partial charge in [0.1, 0.15) is 0 Å². The molecule has 0 aromatic rings. The van der Waals surface area contributed by atoms with E-state index in [9.17, 15) is 0 Å². The molecule has 0 aromatic heterocycles. The van der Waals surface area contributed by atoms with Crippen molar-refractivity contribution < 1.29 is 9.47 Å². The van der Waals surface area contributed by atoms with E-state index in [1.807, 2.05) is 0 Å². The average Bonchev–Trinajstić information content (AvgIpc) is 2.62. The third kappa shape index (κ3) is 2.44. The summed E-state index contributed by atoms with van der Waals surface area (Å²) >= 11 is 0. The fraction of sp³-hybridized carbons (Fsp3) is 1.00. The molecule has 0 spiro atoms. The van der Waals surface area contributed by atoms with Crippen molar-refractivity contribution in [2.45, 2.75) is 88.7 Å². The molecular formula is C17H32N2O2. The number of nitrogens with two attached hydrogens (primary N) is 1. The molecule has 3 unspecified atom stereocenters. The van der Waals surface area contributed by atoms with Gasteiger partial charge in [0.25, 0.3) is 0 Å². The molecule has 3 atom stereocenters. The van der Waals surface area contributed by atoms with Crippen LogP contribution in [0.5, 0.6) is 0 Å². The van der Waals surface area contributed by atoms with Gasteiger partial charge in [-0.15, -0.1) is 0 Å². The lowest BCUT2D eigenvalue weighted by molar-refractivity contribution is -0.161. The Morgan fingerprint density at radius 2 is 1.86 bits per heavy atom. The van der Waals surface area contributed by atoms with Crippen LogP contribution >= 0.6 is 0 Å². The minimum atomic E-state index is -0.218. The fourth-order valence-corrected chi connectivity index (χ4v) is 5.25. The highest BCUT2D eigenvalue weighted by atomic mass is 16.5. The normalized spacial score (nSPS) is 42.7. The second-order valence-corrected chi connectivity index (χ2v) is 8.24. The van der Waals surface area contributed by atoms with E-state index in [1.165, 1.54) is 25.7 Å². The van der Waals surface area contributed by atoms with E-state index in [2.05, 4.69) is 32.6 Å². The Kier molecular flexibility index (Phi) is 3.89. The predicted molar refractivity (Wildman–Crippen MR) is 84.3 cm³/mol. The van der Waals surface area contributed by atoms with Crippen LogP contribution in [0.1, 0.15) is 59.8 Å². The number of ether oxygens (including phenoxy) is 2. The molecule has 21 heavy (non-hydrogen) atoms. The lowest BCUT2D eigenvalue weighted by Gasteiger charge is -2.55. The van der Waals surface area contributed by atoms with Crippen LogP contribution in [0, 0.1) is 0 Å². The van der Waals surface area contributed by atoms with Crippen molar-refractivity contribution in [2.75, 3.05) is 19.7 Å². The summed E-state index contributed by atoms with van der Waals surface area (Å²) in [4.78, 5) is 2.68. The van der Waals surface area contributed by atoms with Crippen LogP contribution in [0.4, 0.5) is 0 Å². The first-order valence-corrected chi connectivity index (χ1v) is 8.60. The molecule has 0 amide bonds. The molecule has 3 rings (SSSR count). The lowest BCUT2D eigenvalue weighted by Crippen LogP contribution is -2.70. The predicted octanol–water partition coefficient (Wildman–Crippen LogP) is 2.30. The van der Waals surface area contributed by atoms with E-state index in [4.69, 9.17) is 15.2 Å². The van der Waals surface area contributed by atoms with Gasteiger partial charge in [0.05, 0.1) is 29.5 Å². The Hall–Kier alpha value is -0.160. The number of hydrogen-bond donors (Lipinski definition) is 1. The van der Waals surface area contributed by atoms with Gasteiger partial charge in [-0.1, -0.05) is 12.8 Å². The third-order valence-electron chi connectivity index (χ3n) is 5.99.